The number of aryl methyl sites for hydroxylation is 1. The minimum absolute atomic E-state index is 0.0192. The van der Waals surface area contributed by atoms with E-state index < -0.39 is 5.91 Å². The van der Waals surface area contributed by atoms with E-state index >= 15 is 0 Å². The van der Waals surface area contributed by atoms with Crippen molar-refractivity contribution in [2.45, 2.75) is 13.3 Å². The number of amides is 2. The number of anilines is 1. The monoisotopic (exact) mass is 316 g/mol. The molecular weight excluding hydrogens is 300 g/mol. The Morgan fingerprint density at radius 2 is 2.17 bits per heavy atom. The summed E-state index contributed by atoms with van der Waals surface area (Å²) < 4.78 is 5.16. The Bertz CT molecular complexity index is 739. The number of aromatic nitrogens is 3. The molecule has 2 aromatic heterocycles. The molecule has 120 valence electrons. The Morgan fingerprint density at radius 3 is 2.78 bits per heavy atom. The maximum Gasteiger partial charge on any atom is 0.274 e. The Morgan fingerprint density at radius 1 is 1.39 bits per heavy atom. The zero-order valence-electron chi connectivity index (χ0n) is 12.6. The molecule has 1 aliphatic heterocycles. The van der Waals surface area contributed by atoms with Crippen molar-refractivity contribution in [3.63, 3.8) is 0 Å². The van der Waals surface area contributed by atoms with Gasteiger partial charge in [0, 0.05) is 13.1 Å². The number of carbonyl (C=O) groups excluding carboxylic acids is 2. The molecule has 3 heterocycles. The van der Waals surface area contributed by atoms with Crippen LogP contribution >= 0.6 is 0 Å². The third-order valence-electron chi connectivity index (χ3n) is 3.56. The number of carbonyl (C=O) groups is 2. The molecule has 0 atom stereocenters. The predicted molar refractivity (Wildman–Crippen MR) is 80.2 cm³/mol. The molecule has 23 heavy (non-hydrogen) atoms. The van der Waals surface area contributed by atoms with Crippen LogP contribution in [0.1, 0.15) is 22.6 Å². The van der Waals surface area contributed by atoms with Crippen LogP contribution in [0.3, 0.4) is 0 Å². The van der Waals surface area contributed by atoms with Crippen molar-refractivity contribution in [1.29, 1.82) is 0 Å². The first-order valence-electron chi connectivity index (χ1n) is 7.16. The van der Waals surface area contributed by atoms with E-state index in [1.165, 1.54) is 12.5 Å². The molecule has 0 aliphatic carbocycles. The van der Waals surface area contributed by atoms with Gasteiger partial charge in [-0.2, -0.15) is 0 Å². The minimum Gasteiger partial charge on any atom is -0.443 e. The summed E-state index contributed by atoms with van der Waals surface area (Å²) >= 11 is 0. The zero-order valence-corrected chi connectivity index (χ0v) is 12.6. The second kappa shape index (κ2) is 6.03. The second-order valence-corrected chi connectivity index (χ2v) is 5.15. The van der Waals surface area contributed by atoms with E-state index in [1.807, 2.05) is 0 Å². The fourth-order valence-electron chi connectivity index (χ4n) is 2.16. The molecule has 0 aromatic carbocycles. The summed E-state index contributed by atoms with van der Waals surface area (Å²) in [6.45, 7) is 3.07. The highest BCUT2D eigenvalue weighted by Gasteiger charge is 2.22. The van der Waals surface area contributed by atoms with Crippen LogP contribution in [0.15, 0.2) is 16.9 Å². The molecule has 2 aromatic rings. The number of likely N-dealkylation sites (tertiary alicyclic amines) is 1. The summed E-state index contributed by atoms with van der Waals surface area (Å²) in [5.41, 5.74) is 6.62. The second-order valence-electron chi connectivity index (χ2n) is 5.15. The average molecular weight is 316 g/mol. The van der Waals surface area contributed by atoms with Crippen molar-refractivity contribution >= 4 is 17.6 Å². The SMILES string of the molecule is Cc1nc(C(=O)NCC(=O)N2CCC2)c(N)nc1-c1ncco1. The molecule has 0 bridgehead atoms. The van der Waals surface area contributed by atoms with Gasteiger partial charge in [-0.3, -0.25) is 9.59 Å². The summed E-state index contributed by atoms with van der Waals surface area (Å²) in [5, 5.41) is 2.52. The van der Waals surface area contributed by atoms with Crippen molar-refractivity contribution in [2.24, 2.45) is 0 Å². The van der Waals surface area contributed by atoms with Gasteiger partial charge in [-0.25, -0.2) is 15.0 Å². The van der Waals surface area contributed by atoms with E-state index in [-0.39, 0.29) is 29.9 Å². The van der Waals surface area contributed by atoms with E-state index in [0.717, 1.165) is 19.5 Å². The van der Waals surface area contributed by atoms with Crippen LogP contribution in [0.25, 0.3) is 11.6 Å². The Hall–Kier alpha value is -2.97. The molecule has 1 saturated heterocycles. The normalized spacial score (nSPS) is 13.5. The van der Waals surface area contributed by atoms with E-state index in [2.05, 4.69) is 20.3 Å². The van der Waals surface area contributed by atoms with Gasteiger partial charge < -0.3 is 20.4 Å². The quantitative estimate of drug-likeness (QED) is 0.811. The summed E-state index contributed by atoms with van der Waals surface area (Å²) in [6.07, 6.45) is 3.89. The van der Waals surface area contributed by atoms with Crippen LogP contribution < -0.4 is 11.1 Å². The topological polar surface area (TPSA) is 127 Å². The third kappa shape index (κ3) is 2.98. The van der Waals surface area contributed by atoms with Gasteiger partial charge in [-0.15, -0.1) is 0 Å². The van der Waals surface area contributed by atoms with Gasteiger partial charge in [0.25, 0.3) is 5.91 Å². The predicted octanol–water partition coefficient (Wildman–Crippen LogP) is -0.0157. The van der Waals surface area contributed by atoms with E-state index in [1.54, 1.807) is 11.8 Å². The highest BCUT2D eigenvalue weighted by Crippen LogP contribution is 2.20. The Labute approximate surface area is 131 Å². The maximum atomic E-state index is 12.1. The van der Waals surface area contributed by atoms with Crippen LogP contribution in [-0.2, 0) is 4.79 Å². The van der Waals surface area contributed by atoms with Crippen molar-refractivity contribution in [1.82, 2.24) is 25.2 Å². The Kier molecular flexibility index (Phi) is 3.92. The van der Waals surface area contributed by atoms with Gasteiger partial charge in [0.05, 0.1) is 18.4 Å². The van der Waals surface area contributed by atoms with Gasteiger partial charge in [0.2, 0.25) is 11.8 Å². The fraction of sp³-hybridized carbons (Fsp3) is 0.357. The number of nitrogens with zero attached hydrogens (tertiary/aromatic N) is 4. The first-order valence-corrected chi connectivity index (χ1v) is 7.16. The van der Waals surface area contributed by atoms with Gasteiger partial charge >= 0.3 is 0 Å². The number of hydrogen-bond acceptors (Lipinski definition) is 7. The van der Waals surface area contributed by atoms with Crippen LogP contribution in [0.2, 0.25) is 0 Å². The van der Waals surface area contributed by atoms with E-state index in [0.29, 0.717) is 11.4 Å². The highest BCUT2D eigenvalue weighted by atomic mass is 16.3. The Balaban J connectivity index is 1.73. The van der Waals surface area contributed by atoms with E-state index in [4.69, 9.17) is 10.2 Å². The molecule has 0 radical (unpaired) electrons. The average Bonchev–Trinajstić information content (AvgIpc) is 2.99. The molecule has 0 saturated carbocycles. The lowest BCUT2D eigenvalue weighted by Gasteiger charge is -2.30. The molecule has 0 spiro atoms. The highest BCUT2D eigenvalue weighted by molar-refractivity contribution is 5.98. The molecule has 3 N–H and O–H groups in total. The van der Waals surface area contributed by atoms with Crippen LogP contribution in [0.4, 0.5) is 5.82 Å². The molecule has 3 rings (SSSR count). The van der Waals surface area contributed by atoms with Gasteiger partial charge in [-0.05, 0) is 13.3 Å². The molecule has 1 fully saturated rings. The summed E-state index contributed by atoms with van der Waals surface area (Å²) in [5.74, 6) is -0.422. The lowest BCUT2D eigenvalue weighted by atomic mass is 10.2. The number of rotatable bonds is 4. The molecular formula is C14H16N6O3. The van der Waals surface area contributed by atoms with E-state index in [9.17, 15) is 9.59 Å². The van der Waals surface area contributed by atoms with Crippen molar-refractivity contribution < 1.29 is 14.0 Å². The van der Waals surface area contributed by atoms with Crippen LogP contribution in [0.5, 0.6) is 0 Å². The lowest BCUT2D eigenvalue weighted by molar-refractivity contribution is -0.133. The minimum atomic E-state index is -0.536. The van der Waals surface area contributed by atoms with Crippen molar-refractivity contribution in [3.05, 3.63) is 23.8 Å². The number of nitrogens with two attached hydrogens (primary N) is 1. The number of hydrogen-bond donors (Lipinski definition) is 2. The largest absolute Gasteiger partial charge is 0.443 e. The smallest absolute Gasteiger partial charge is 0.274 e. The van der Waals surface area contributed by atoms with Crippen LogP contribution in [0, 0.1) is 6.92 Å². The van der Waals surface area contributed by atoms with Gasteiger partial charge in [-0.1, -0.05) is 0 Å². The standard InChI is InChI=1S/C14H16N6O3/c1-8-10(14-16-3-6-23-14)19-12(15)11(18-8)13(22)17-7-9(21)20-4-2-5-20/h3,6H,2,4-5,7H2,1H3,(H2,15,19)(H,17,22). The molecule has 1 aliphatic rings. The van der Waals surface area contributed by atoms with Crippen LogP contribution in [-0.4, -0.2) is 51.3 Å². The number of nitrogen functional groups attached to an aromatic ring is 1. The summed E-state index contributed by atoms with van der Waals surface area (Å²) in [6, 6.07) is 0. The molecule has 9 nitrogen and oxygen atoms in total. The molecule has 2 amide bonds. The van der Waals surface area contributed by atoms with Crippen molar-refractivity contribution in [2.75, 3.05) is 25.4 Å². The fourth-order valence-corrected chi connectivity index (χ4v) is 2.16. The third-order valence-corrected chi connectivity index (χ3v) is 3.56. The first kappa shape index (κ1) is 14.9. The van der Waals surface area contributed by atoms with Gasteiger partial charge in [0.15, 0.2) is 11.5 Å². The molecule has 0 unspecified atom stereocenters. The molecule has 9 heteroatoms. The van der Waals surface area contributed by atoms with Gasteiger partial charge in [0.1, 0.15) is 12.0 Å². The first-order chi connectivity index (χ1) is 11.1. The number of nitrogens with one attached hydrogen (secondary N) is 1. The lowest BCUT2D eigenvalue weighted by Crippen LogP contribution is -2.47. The zero-order chi connectivity index (χ0) is 16.4. The summed E-state index contributed by atoms with van der Waals surface area (Å²) in [7, 11) is 0. The van der Waals surface area contributed by atoms with Crippen molar-refractivity contribution in [3.8, 4) is 11.6 Å². The summed E-state index contributed by atoms with van der Waals surface area (Å²) in [4.78, 5) is 37.8. The number of oxazole rings is 1. The maximum absolute atomic E-state index is 12.1.